The Labute approximate surface area is 104 Å². The normalized spacial score (nSPS) is 10.2. The zero-order chi connectivity index (χ0) is 12.1. The average molecular weight is 247 g/mol. The maximum absolute atomic E-state index is 9.24. The van der Waals surface area contributed by atoms with Gasteiger partial charge in [-0.1, -0.05) is 30.0 Å². The van der Waals surface area contributed by atoms with Crippen molar-refractivity contribution in [1.82, 2.24) is 4.98 Å². The Morgan fingerprint density at radius 3 is 2.82 bits per heavy atom. The van der Waals surface area contributed by atoms with Crippen molar-refractivity contribution in [2.45, 2.75) is 16.5 Å². The van der Waals surface area contributed by atoms with Crippen molar-refractivity contribution in [3.05, 3.63) is 48.2 Å². The lowest BCUT2D eigenvalue weighted by atomic mass is 10.3. The minimum Gasteiger partial charge on any atom is -0.496 e. The number of ether oxygens (including phenoxy) is 1. The molecule has 2 rings (SSSR count). The summed E-state index contributed by atoms with van der Waals surface area (Å²) < 4.78 is 5.28. The maximum atomic E-state index is 9.24. The minimum absolute atomic E-state index is 0.00861. The molecule has 3 nitrogen and oxygen atoms in total. The van der Waals surface area contributed by atoms with E-state index in [4.69, 9.17) is 4.74 Å². The number of hydrogen-bond donors (Lipinski definition) is 1. The van der Waals surface area contributed by atoms with Crippen LogP contribution in [0.2, 0.25) is 0 Å². The van der Waals surface area contributed by atoms with Crippen LogP contribution in [0.1, 0.15) is 5.56 Å². The van der Waals surface area contributed by atoms with Crippen LogP contribution in [0.15, 0.2) is 52.5 Å². The molecule has 0 saturated heterocycles. The minimum atomic E-state index is -0.00861. The van der Waals surface area contributed by atoms with Gasteiger partial charge in [0.1, 0.15) is 10.8 Å². The van der Waals surface area contributed by atoms with Crippen molar-refractivity contribution >= 4 is 11.8 Å². The quantitative estimate of drug-likeness (QED) is 0.902. The Hall–Kier alpha value is -1.52. The number of aliphatic hydroxyl groups excluding tert-OH is 1. The standard InChI is InChI=1S/C13H13NO2S/c1-16-11-6-2-3-7-12(11)17-13-10(9-15)5-4-8-14-13/h2-8,15H,9H2,1H3. The first kappa shape index (κ1) is 12.0. The summed E-state index contributed by atoms with van der Waals surface area (Å²) in [4.78, 5) is 5.26. The van der Waals surface area contributed by atoms with Crippen LogP contribution in [0.25, 0.3) is 0 Å². The molecule has 0 spiro atoms. The third kappa shape index (κ3) is 2.78. The number of methoxy groups -OCH3 is 1. The number of aromatic nitrogens is 1. The molecule has 1 aromatic carbocycles. The Bertz CT molecular complexity index is 457. The molecule has 0 amide bonds. The highest BCUT2D eigenvalue weighted by atomic mass is 32.2. The molecule has 0 aliphatic carbocycles. The second-order valence-electron chi connectivity index (χ2n) is 3.38. The lowest BCUT2D eigenvalue weighted by Crippen LogP contribution is -1.91. The van der Waals surface area contributed by atoms with Crippen LogP contribution in [0.5, 0.6) is 5.75 Å². The smallest absolute Gasteiger partial charge is 0.132 e. The first-order chi connectivity index (χ1) is 8.35. The summed E-state index contributed by atoms with van der Waals surface area (Å²) in [6.45, 7) is -0.00861. The molecule has 0 aliphatic heterocycles. The second kappa shape index (κ2) is 5.70. The van der Waals surface area contributed by atoms with Gasteiger partial charge < -0.3 is 9.84 Å². The number of benzene rings is 1. The summed E-state index contributed by atoms with van der Waals surface area (Å²) in [6, 6.07) is 11.4. The van der Waals surface area contributed by atoms with E-state index < -0.39 is 0 Å². The average Bonchev–Trinajstić information content (AvgIpc) is 2.40. The van der Waals surface area contributed by atoms with Gasteiger partial charge in [-0.3, -0.25) is 0 Å². The fourth-order valence-corrected chi connectivity index (χ4v) is 2.43. The van der Waals surface area contributed by atoms with Gasteiger partial charge in [-0.25, -0.2) is 4.98 Å². The van der Waals surface area contributed by atoms with E-state index in [1.165, 1.54) is 11.8 Å². The molecule has 0 fully saturated rings. The van der Waals surface area contributed by atoms with Crippen LogP contribution in [0, 0.1) is 0 Å². The highest BCUT2D eigenvalue weighted by Gasteiger charge is 2.08. The summed E-state index contributed by atoms with van der Waals surface area (Å²) in [6.07, 6.45) is 1.72. The molecule has 0 bridgehead atoms. The van der Waals surface area contributed by atoms with Crippen LogP contribution in [-0.4, -0.2) is 17.2 Å². The Kier molecular flexibility index (Phi) is 4.01. The number of pyridine rings is 1. The van der Waals surface area contributed by atoms with Crippen LogP contribution >= 0.6 is 11.8 Å². The number of rotatable bonds is 4. The van der Waals surface area contributed by atoms with Crippen LogP contribution in [-0.2, 0) is 6.61 Å². The van der Waals surface area contributed by atoms with Gasteiger partial charge in [-0.05, 0) is 18.2 Å². The molecule has 88 valence electrons. The largest absolute Gasteiger partial charge is 0.496 e. The van der Waals surface area contributed by atoms with E-state index in [-0.39, 0.29) is 6.61 Å². The SMILES string of the molecule is COc1ccccc1Sc1ncccc1CO. The zero-order valence-electron chi connectivity index (χ0n) is 9.46. The number of hydrogen-bond acceptors (Lipinski definition) is 4. The fourth-order valence-electron chi connectivity index (χ4n) is 1.44. The molecule has 1 aromatic heterocycles. The molecule has 0 aliphatic rings. The molecular weight excluding hydrogens is 234 g/mol. The predicted molar refractivity (Wildman–Crippen MR) is 67.3 cm³/mol. The van der Waals surface area contributed by atoms with E-state index in [2.05, 4.69) is 4.98 Å². The second-order valence-corrected chi connectivity index (χ2v) is 4.41. The lowest BCUT2D eigenvalue weighted by Gasteiger charge is -2.09. The van der Waals surface area contributed by atoms with Crippen LogP contribution in [0.3, 0.4) is 0 Å². The fraction of sp³-hybridized carbons (Fsp3) is 0.154. The van der Waals surface area contributed by atoms with Crippen molar-refractivity contribution < 1.29 is 9.84 Å². The highest BCUT2D eigenvalue weighted by Crippen LogP contribution is 2.34. The van der Waals surface area contributed by atoms with E-state index in [1.54, 1.807) is 13.3 Å². The van der Waals surface area contributed by atoms with Crippen LogP contribution < -0.4 is 4.74 Å². The van der Waals surface area contributed by atoms with E-state index in [1.807, 2.05) is 36.4 Å². The summed E-state index contributed by atoms with van der Waals surface area (Å²) in [5, 5.41) is 10.0. The van der Waals surface area contributed by atoms with Gasteiger partial charge in [-0.2, -0.15) is 0 Å². The molecule has 2 aromatic rings. The van der Waals surface area contributed by atoms with Crippen molar-refractivity contribution in [2.24, 2.45) is 0 Å². The molecular formula is C13H13NO2S. The molecule has 17 heavy (non-hydrogen) atoms. The molecule has 1 heterocycles. The van der Waals surface area contributed by atoms with E-state index >= 15 is 0 Å². The predicted octanol–water partition coefficient (Wildman–Crippen LogP) is 2.73. The molecule has 0 unspecified atom stereocenters. The van der Waals surface area contributed by atoms with Gasteiger partial charge >= 0.3 is 0 Å². The van der Waals surface area contributed by atoms with Gasteiger partial charge in [0.15, 0.2) is 0 Å². The van der Waals surface area contributed by atoms with Gasteiger partial charge in [0.05, 0.1) is 18.6 Å². The van der Waals surface area contributed by atoms with E-state index in [0.717, 1.165) is 21.2 Å². The van der Waals surface area contributed by atoms with E-state index in [0.29, 0.717) is 0 Å². The van der Waals surface area contributed by atoms with Crippen molar-refractivity contribution in [2.75, 3.05) is 7.11 Å². The van der Waals surface area contributed by atoms with E-state index in [9.17, 15) is 5.11 Å². The molecule has 0 atom stereocenters. The summed E-state index contributed by atoms with van der Waals surface area (Å²) >= 11 is 1.49. The monoisotopic (exact) mass is 247 g/mol. The first-order valence-electron chi connectivity index (χ1n) is 5.20. The molecule has 0 radical (unpaired) electrons. The van der Waals surface area contributed by atoms with Crippen molar-refractivity contribution in [3.63, 3.8) is 0 Å². The Morgan fingerprint density at radius 1 is 1.24 bits per heavy atom. The molecule has 1 N–H and O–H groups in total. The Balaban J connectivity index is 2.31. The van der Waals surface area contributed by atoms with Gasteiger partial charge in [-0.15, -0.1) is 0 Å². The molecule has 4 heteroatoms. The summed E-state index contributed by atoms with van der Waals surface area (Å²) in [7, 11) is 1.64. The summed E-state index contributed by atoms with van der Waals surface area (Å²) in [5.74, 6) is 0.812. The van der Waals surface area contributed by atoms with Gasteiger partial charge in [0, 0.05) is 11.8 Å². The summed E-state index contributed by atoms with van der Waals surface area (Å²) in [5.41, 5.74) is 0.823. The third-order valence-corrected chi connectivity index (χ3v) is 3.41. The number of nitrogens with zero attached hydrogens (tertiary/aromatic N) is 1. The van der Waals surface area contributed by atoms with Crippen molar-refractivity contribution in [3.8, 4) is 5.75 Å². The topological polar surface area (TPSA) is 42.4 Å². The number of para-hydroxylation sites is 1. The zero-order valence-corrected chi connectivity index (χ0v) is 10.3. The lowest BCUT2D eigenvalue weighted by molar-refractivity contribution is 0.278. The van der Waals surface area contributed by atoms with Gasteiger partial charge in [0.2, 0.25) is 0 Å². The van der Waals surface area contributed by atoms with Gasteiger partial charge in [0.25, 0.3) is 0 Å². The van der Waals surface area contributed by atoms with Crippen LogP contribution in [0.4, 0.5) is 0 Å². The Morgan fingerprint density at radius 2 is 2.06 bits per heavy atom. The highest BCUT2D eigenvalue weighted by molar-refractivity contribution is 7.99. The third-order valence-electron chi connectivity index (χ3n) is 2.30. The van der Waals surface area contributed by atoms with Crippen molar-refractivity contribution in [1.29, 1.82) is 0 Å². The molecule has 0 saturated carbocycles. The number of aliphatic hydroxyl groups is 1. The maximum Gasteiger partial charge on any atom is 0.132 e. The first-order valence-corrected chi connectivity index (χ1v) is 6.02.